The fraction of sp³-hybridized carbons (Fsp3) is 0.250. The van der Waals surface area contributed by atoms with Crippen molar-refractivity contribution in [2.75, 3.05) is 11.9 Å². The molecule has 170 valence electrons. The van der Waals surface area contributed by atoms with Gasteiger partial charge in [0.15, 0.2) is 0 Å². The maximum absolute atomic E-state index is 12.6. The molecule has 0 saturated carbocycles. The molecule has 9 nitrogen and oxygen atoms in total. The van der Waals surface area contributed by atoms with Crippen LogP contribution < -0.4 is 10.6 Å². The maximum Gasteiger partial charge on any atom is 0.407 e. The van der Waals surface area contributed by atoms with Crippen molar-refractivity contribution in [1.82, 2.24) is 15.1 Å². The van der Waals surface area contributed by atoms with Crippen LogP contribution in [0.1, 0.15) is 30.4 Å². The number of aliphatic carboxylic acids is 1. The first kappa shape index (κ1) is 22.1. The molecule has 1 atom stereocenters. The molecule has 33 heavy (non-hydrogen) atoms. The average molecular weight is 448 g/mol. The molecule has 2 aromatic carbocycles. The zero-order valence-corrected chi connectivity index (χ0v) is 18.0. The summed E-state index contributed by atoms with van der Waals surface area (Å²) >= 11 is 0. The van der Waals surface area contributed by atoms with Gasteiger partial charge in [-0.15, -0.1) is 0 Å². The van der Waals surface area contributed by atoms with Crippen LogP contribution in [0.2, 0.25) is 0 Å². The third-order valence-electron chi connectivity index (χ3n) is 5.56. The van der Waals surface area contributed by atoms with Crippen molar-refractivity contribution in [2.24, 2.45) is 0 Å². The molecule has 0 bridgehead atoms. The summed E-state index contributed by atoms with van der Waals surface area (Å²) in [4.78, 5) is 35.8. The van der Waals surface area contributed by atoms with Crippen molar-refractivity contribution < 1.29 is 24.2 Å². The van der Waals surface area contributed by atoms with Crippen molar-refractivity contribution in [1.29, 1.82) is 0 Å². The van der Waals surface area contributed by atoms with E-state index in [0.29, 0.717) is 12.1 Å². The van der Waals surface area contributed by atoms with E-state index < -0.39 is 24.0 Å². The van der Waals surface area contributed by atoms with Gasteiger partial charge in [0.05, 0.1) is 11.9 Å². The monoisotopic (exact) mass is 448 g/mol. The standard InChI is InChI=1S/C24H24N4O5/c1-2-21(23(31)26-15-11-25-28(12-15)13-22(29)30)27-24(32)33-14-20-18-9-5-3-7-16(18)17-8-4-6-10-19(17)20/h3-12,20-21H,2,13-14H2,1H3,(H,26,31)(H,27,32)(H,29,30)/t21-/m0/s1. The molecule has 4 rings (SSSR count). The minimum absolute atomic E-state index is 0.0721. The summed E-state index contributed by atoms with van der Waals surface area (Å²) in [5.74, 6) is -1.56. The highest BCUT2D eigenvalue weighted by atomic mass is 16.5. The molecule has 0 radical (unpaired) electrons. The van der Waals surface area contributed by atoms with Crippen LogP contribution in [-0.4, -0.2) is 45.5 Å². The second-order valence-electron chi connectivity index (χ2n) is 7.74. The van der Waals surface area contributed by atoms with Crippen LogP contribution in [0.3, 0.4) is 0 Å². The van der Waals surface area contributed by atoms with Gasteiger partial charge in [0, 0.05) is 12.1 Å². The predicted molar refractivity (Wildman–Crippen MR) is 121 cm³/mol. The second-order valence-corrected chi connectivity index (χ2v) is 7.74. The summed E-state index contributed by atoms with van der Waals surface area (Å²) in [5, 5.41) is 17.9. The van der Waals surface area contributed by atoms with E-state index in [0.717, 1.165) is 22.3 Å². The van der Waals surface area contributed by atoms with Gasteiger partial charge in [0.1, 0.15) is 19.2 Å². The number of fused-ring (bicyclic) bond motifs is 3. The third kappa shape index (κ3) is 4.87. The molecule has 0 aliphatic heterocycles. The van der Waals surface area contributed by atoms with E-state index in [1.165, 1.54) is 17.1 Å². The third-order valence-corrected chi connectivity index (χ3v) is 5.56. The average Bonchev–Trinajstić information content (AvgIpc) is 3.37. The Hall–Kier alpha value is -4.14. The number of anilines is 1. The lowest BCUT2D eigenvalue weighted by Gasteiger charge is -2.18. The molecule has 2 amide bonds. The zero-order valence-electron chi connectivity index (χ0n) is 18.0. The molecule has 0 spiro atoms. The highest BCUT2D eigenvalue weighted by Crippen LogP contribution is 2.44. The Kier molecular flexibility index (Phi) is 6.39. The Morgan fingerprint density at radius 3 is 2.33 bits per heavy atom. The van der Waals surface area contributed by atoms with E-state index in [1.54, 1.807) is 6.92 Å². The van der Waals surface area contributed by atoms with Crippen molar-refractivity contribution in [2.45, 2.75) is 31.8 Å². The number of nitrogens with zero attached hydrogens (tertiary/aromatic N) is 2. The lowest BCUT2D eigenvalue weighted by atomic mass is 9.98. The smallest absolute Gasteiger partial charge is 0.407 e. The van der Waals surface area contributed by atoms with Gasteiger partial charge < -0.3 is 20.5 Å². The van der Waals surface area contributed by atoms with E-state index in [4.69, 9.17) is 9.84 Å². The summed E-state index contributed by atoms with van der Waals surface area (Å²) < 4.78 is 6.70. The number of amides is 2. The number of carbonyl (C=O) groups excluding carboxylic acids is 2. The molecule has 1 heterocycles. The number of hydrogen-bond donors (Lipinski definition) is 3. The Labute approximate surface area is 190 Å². The summed E-state index contributed by atoms with van der Waals surface area (Å²) in [6, 6.07) is 15.3. The largest absolute Gasteiger partial charge is 0.480 e. The molecule has 1 aliphatic rings. The number of hydrogen-bond acceptors (Lipinski definition) is 5. The zero-order chi connectivity index (χ0) is 23.4. The quantitative estimate of drug-likeness (QED) is 0.486. The number of alkyl carbamates (subject to hydrolysis) is 1. The van der Waals surface area contributed by atoms with Gasteiger partial charge in [-0.1, -0.05) is 55.5 Å². The van der Waals surface area contributed by atoms with Crippen molar-refractivity contribution in [3.05, 3.63) is 72.1 Å². The van der Waals surface area contributed by atoms with Crippen LogP contribution in [0.15, 0.2) is 60.9 Å². The molecule has 1 aromatic heterocycles. The van der Waals surface area contributed by atoms with Gasteiger partial charge in [-0.2, -0.15) is 5.10 Å². The van der Waals surface area contributed by atoms with E-state index in [2.05, 4.69) is 27.9 Å². The van der Waals surface area contributed by atoms with Gasteiger partial charge in [-0.25, -0.2) is 4.79 Å². The molecule has 0 unspecified atom stereocenters. The van der Waals surface area contributed by atoms with Crippen LogP contribution in [0.4, 0.5) is 10.5 Å². The van der Waals surface area contributed by atoms with E-state index in [1.807, 2.05) is 36.4 Å². The van der Waals surface area contributed by atoms with Crippen LogP contribution in [0.25, 0.3) is 11.1 Å². The highest BCUT2D eigenvalue weighted by Gasteiger charge is 2.29. The van der Waals surface area contributed by atoms with Crippen molar-refractivity contribution >= 4 is 23.7 Å². The number of carboxylic acids is 1. The maximum atomic E-state index is 12.6. The summed E-state index contributed by atoms with van der Waals surface area (Å²) in [6.07, 6.45) is 2.42. The van der Waals surface area contributed by atoms with Gasteiger partial charge in [0.2, 0.25) is 5.91 Å². The minimum Gasteiger partial charge on any atom is -0.480 e. The van der Waals surface area contributed by atoms with Crippen LogP contribution in [-0.2, 0) is 20.9 Å². The van der Waals surface area contributed by atoms with Crippen molar-refractivity contribution in [3.63, 3.8) is 0 Å². The minimum atomic E-state index is -1.04. The molecule has 1 aliphatic carbocycles. The molecule has 0 fully saturated rings. The van der Waals surface area contributed by atoms with Crippen LogP contribution in [0, 0.1) is 0 Å². The van der Waals surface area contributed by atoms with E-state index in [-0.39, 0.29) is 19.1 Å². The predicted octanol–water partition coefficient (Wildman–Crippen LogP) is 3.22. The normalized spacial score (nSPS) is 13.0. The van der Waals surface area contributed by atoms with E-state index in [9.17, 15) is 14.4 Å². The topological polar surface area (TPSA) is 123 Å². The summed E-state index contributed by atoms with van der Waals surface area (Å²) in [5.41, 5.74) is 4.83. The second kappa shape index (κ2) is 9.56. The van der Waals surface area contributed by atoms with Crippen LogP contribution >= 0.6 is 0 Å². The fourth-order valence-electron chi connectivity index (χ4n) is 4.02. The first-order valence-corrected chi connectivity index (χ1v) is 10.6. The molecule has 9 heteroatoms. The van der Waals surface area contributed by atoms with Gasteiger partial charge >= 0.3 is 12.1 Å². The fourth-order valence-corrected chi connectivity index (χ4v) is 4.02. The number of benzene rings is 2. The Balaban J connectivity index is 1.35. The Bertz CT molecular complexity index is 1140. The number of carboxylic acid groups (broad SMARTS) is 1. The number of carbonyl (C=O) groups is 3. The molecular weight excluding hydrogens is 424 g/mol. The highest BCUT2D eigenvalue weighted by molar-refractivity contribution is 5.96. The molecule has 3 aromatic rings. The Morgan fingerprint density at radius 2 is 1.73 bits per heavy atom. The Morgan fingerprint density at radius 1 is 1.09 bits per heavy atom. The molecular formula is C24H24N4O5. The molecule has 0 saturated heterocycles. The number of rotatable bonds is 8. The van der Waals surface area contributed by atoms with Crippen LogP contribution in [0.5, 0.6) is 0 Å². The number of aromatic nitrogens is 2. The summed E-state index contributed by atoms with van der Waals surface area (Å²) in [6.45, 7) is 1.60. The lowest BCUT2D eigenvalue weighted by molar-refractivity contribution is -0.137. The van der Waals surface area contributed by atoms with Gasteiger partial charge in [0.25, 0.3) is 0 Å². The van der Waals surface area contributed by atoms with Gasteiger partial charge in [-0.05, 0) is 28.7 Å². The number of ether oxygens (including phenoxy) is 1. The van der Waals surface area contributed by atoms with Crippen molar-refractivity contribution in [3.8, 4) is 11.1 Å². The SMILES string of the molecule is CC[C@H](NC(=O)OCC1c2ccccc2-c2ccccc21)C(=O)Nc1cnn(CC(=O)O)c1. The first-order chi connectivity index (χ1) is 16.0. The van der Waals surface area contributed by atoms with E-state index >= 15 is 0 Å². The lowest BCUT2D eigenvalue weighted by Crippen LogP contribution is -2.43. The molecule has 3 N–H and O–H groups in total. The number of nitrogens with one attached hydrogen (secondary N) is 2. The first-order valence-electron chi connectivity index (χ1n) is 10.6. The van der Waals surface area contributed by atoms with Gasteiger partial charge in [-0.3, -0.25) is 14.3 Å². The summed E-state index contributed by atoms with van der Waals surface area (Å²) in [7, 11) is 0.